The van der Waals surface area contributed by atoms with E-state index >= 15 is 0 Å². The van der Waals surface area contributed by atoms with E-state index in [9.17, 15) is 9.18 Å². The van der Waals surface area contributed by atoms with Crippen LogP contribution in [0.5, 0.6) is 5.75 Å². The minimum absolute atomic E-state index is 0.132. The van der Waals surface area contributed by atoms with Gasteiger partial charge in [-0.15, -0.1) is 0 Å². The van der Waals surface area contributed by atoms with E-state index in [1.165, 1.54) is 12.1 Å². The number of pyridine rings is 1. The van der Waals surface area contributed by atoms with Gasteiger partial charge in [-0.25, -0.2) is 4.39 Å². The van der Waals surface area contributed by atoms with Crippen LogP contribution in [0.1, 0.15) is 18.1 Å². The molecule has 0 fully saturated rings. The topological polar surface area (TPSA) is 51.2 Å². The Morgan fingerprint density at radius 1 is 1.07 bits per heavy atom. The van der Waals surface area contributed by atoms with Gasteiger partial charge in [0, 0.05) is 18.3 Å². The molecule has 1 amide bonds. The summed E-state index contributed by atoms with van der Waals surface area (Å²) < 4.78 is 18.7. The Labute approximate surface area is 158 Å². The average molecular weight is 364 g/mol. The lowest BCUT2D eigenvalue weighted by atomic mass is 10.1. The molecule has 0 saturated carbocycles. The van der Waals surface area contributed by atoms with Gasteiger partial charge >= 0.3 is 0 Å². The molecule has 2 aromatic carbocycles. The molecule has 3 aromatic rings. The molecule has 0 aliphatic heterocycles. The van der Waals surface area contributed by atoms with Crippen LogP contribution in [0.2, 0.25) is 0 Å². The van der Waals surface area contributed by atoms with Crippen molar-refractivity contribution in [1.82, 2.24) is 10.3 Å². The largest absolute Gasteiger partial charge is 0.494 e. The molecule has 27 heavy (non-hydrogen) atoms. The van der Waals surface area contributed by atoms with Crippen molar-refractivity contribution >= 4 is 5.91 Å². The number of halogens is 1. The molecule has 0 unspecified atom stereocenters. The molecular formula is C22H21FN2O2. The average Bonchev–Trinajstić information content (AvgIpc) is 2.68. The molecule has 4 nitrogen and oxygen atoms in total. The van der Waals surface area contributed by atoms with E-state index in [1.54, 1.807) is 18.3 Å². The van der Waals surface area contributed by atoms with Gasteiger partial charge in [-0.2, -0.15) is 0 Å². The Kier molecular flexibility index (Phi) is 6.15. The molecule has 0 aliphatic carbocycles. The second-order valence-electron chi connectivity index (χ2n) is 6.10. The lowest BCUT2D eigenvalue weighted by Gasteiger charge is -2.08. The Bertz CT molecular complexity index is 910. The van der Waals surface area contributed by atoms with Crippen molar-refractivity contribution in [3.05, 3.63) is 83.8 Å². The van der Waals surface area contributed by atoms with Gasteiger partial charge in [0.15, 0.2) is 0 Å². The van der Waals surface area contributed by atoms with Crippen LogP contribution in [0.3, 0.4) is 0 Å². The number of ether oxygens (including phenoxy) is 1. The van der Waals surface area contributed by atoms with Crippen molar-refractivity contribution in [2.75, 3.05) is 6.61 Å². The molecule has 138 valence electrons. The van der Waals surface area contributed by atoms with Crippen LogP contribution in [-0.2, 0) is 17.8 Å². The zero-order valence-corrected chi connectivity index (χ0v) is 15.1. The van der Waals surface area contributed by atoms with Crippen molar-refractivity contribution in [2.45, 2.75) is 19.9 Å². The first-order valence-corrected chi connectivity index (χ1v) is 8.83. The number of rotatable bonds is 7. The first-order chi connectivity index (χ1) is 13.1. The number of amides is 1. The maximum Gasteiger partial charge on any atom is 0.224 e. The summed E-state index contributed by atoms with van der Waals surface area (Å²) in [5.41, 5.74) is 3.32. The van der Waals surface area contributed by atoms with E-state index < -0.39 is 0 Å². The molecule has 0 aliphatic rings. The number of carbonyl (C=O) groups excluding carboxylic acids is 1. The predicted octanol–water partition coefficient (Wildman–Crippen LogP) is 4.15. The van der Waals surface area contributed by atoms with Crippen LogP contribution >= 0.6 is 0 Å². The van der Waals surface area contributed by atoms with Crippen molar-refractivity contribution in [2.24, 2.45) is 0 Å². The SMILES string of the molecule is CCOc1cccc(-c2ccc(CC(=O)NCc3cccc(F)c3)cn2)c1. The molecule has 1 aromatic heterocycles. The number of carbonyl (C=O) groups is 1. The first-order valence-electron chi connectivity index (χ1n) is 8.83. The normalized spacial score (nSPS) is 10.4. The van der Waals surface area contributed by atoms with Crippen molar-refractivity contribution < 1.29 is 13.9 Å². The summed E-state index contributed by atoms with van der Waals surface area (Å²) >= 11 is 0. The number of hydrogen-bond acceptors (Lipinski definition) is 3. The van der Waals surface area contributed by atoms with Gasteiger partial charge in [0.2, 0.25) is 5.91 Å². The minimum Gasteiger partial charge on any atom is -0.494 e. The molecule has 0 radical (unpaired) electrons. The zero-order valence-electron chi connectivity index (χ0n) is 15.1. The Hall–Kier alpha value is -3.21. The second-order valence-corrected chi connectivity index (χ2v) is 6.10. The minimum atomic E-state index is -0.310. The summed E-state index contributed by atoms with van der Waals surface area (Å²) in [6.07, 6.45) is 1.92. The van der Waals surface area contributed by atoms with Gasteiger partial charge in [0.05, 0.1) is 18.7 Å². The van der Waals surface area contributed by atoms with Crippen LogP contribution in [0.25, 0.3) is 11.3 Å². The third-order valence-electron chi connectivity index (χ3n) is 4.01. The third kappa shape index (κ3) is 5.38. The molecule has 3 rings (SSSR count). The molecule has 5 heteroatoms. The molecule has 1 heterocycles. The van der Waals surface area contributed by atoms with Gasteiger partial charge < -0.3 is 10.1 Å². The summed E-state index contributed by atoms with van der Waals surface area (Å²) in [5.74, 6) is 0.361. The van der Waals surface area contributed by atoms with E-state index in [0.29, 0.717) is 13.2 Å². The lowest BCUT2D eigenvalue weighted by Crippen LogP contribution is -2.24. The molecule has 0 spiro atoms. The number of nitrogens with one attached hydrogen (secondary N) is 1. The van der Waals surface area contributed by atoms with Crippen LogP contribution < -0.4 is 10.1 Å². The molecule has 0 atom stereocenters. The fourth-order valence-electron chi connectivity index (χ4n) is 2.71. The number of nitrogens with zero attached hydrogens (tertiary/aromatic N) is 1. The van der Waals surface area contributed by atoms with E-state index in [1.807, 2.05) is 43.3 Å². The predicted molar refractivity (Wildman–Crippen MR) is 103 cm³/mol. The third-order valence-corrected chi connectivity index (χ3v) is 4.01. The van der Waals surface area contributed by atoms with Crippen LogP contribution in [0.4, 0.5) is 4.39 Å². The second kappa shape index (κ2) is 8.94. The van der Waals surface area contributed by atoms with Crippen molar-refractivity contribution in [3.8, 4) is 17.0 Å². The van der Waals surface area contributed by atoms with Crippen LogP contribution in [0.15, 0.2) is 66.9 Å². The van der Waals surface area contributed by atoms with E-state index in [4.69, 9.17) is 4.74 Å². The summed E-state index contributed by atoms with van der Waals surface area (Å²) in [6, 6.07) is 17.7. The van der Waals surface area contributed by atoms with Crippen molar-refractivity contribution in [1.29, 1.82) is 0 Å². The number of benzene rings is 2. The Morgan fingerprint density at radius 3 is 2.67 bits per heavy atom. The highest BCUT2D eigenvalue weighted by atomic mass is 19.1. The highest BCUT2D eigenvalue weighted by Gasteiger charge is 2.06. The Morgan fingerprint density at radius 2 is 1.93 bits per heavy atom. The molecular weight excluding hydrogens is 343 g/mol. The molecule has 0 bridgehead atoms. The van der Waals surface area contributed by atoms with Crippen molar-refractivity contribution in [3.63, 3.8) is 0 Å². The maximum atomic E-state index is 13.2. The quantitative estimate of drug-likeness (QED) is 0.685. The lowest BCUT2D eigenvalue weighted by molar-refractivity contribution is -0.120. The van der Waals surface area contributed by atoms with Crippen LogP contribution in [0, 0.1) is 5.82 Å². The standard InChI is InChI=1S/C22H21FN2O2/c1-2-27-20-8-4-6-18(13-20)21-10-9-17(14-24-21)12-22(26)25-15-16-5-3-7-19(23)11-16/h3-11,13-14H,2,12,15H2,1H3,(H,25,26). The van der Waals surface area contributed by atoms with Gasteiger partial charge in [0.1, 0.15) is 11.6 Å². The monoisotopic (exact) mass is 364 g/mol. The fraction of sp³-hybridized carbons (Fsp3) is 0.182. The summed E-state index contributed by atoms with van der Waals surface area (Å²) in [7, 11) is 0. The summed E-state index contributed by atoms with van der Waals surface area (Å²) in [6.45, 7) is 2.85. The summed E-state index contributed by atoms with van der Waals surface area (Å²) in [5, 5.41) is 2.79. The van der Waals surface area contributed by atoms with Gasteiger partial charge in [0.25, 0.3) is 0 Å². The highest BCUT2D eigenvalue weighted by Crippen LogP contribution is 2.22. The van der Waals surface area contributed by atoms with E-state index in [-0.39, 0.29) is 18.1 Å². The Balaban J connectivity index is 1.58. The zero-order chi connectivity index (χ0) is 19.1. The van der Waals surface area contributed by atoms with E-state index in [0.717, 1.165) is 28.1 Å². The number of hydrogen-bond donors (Lipinski definition) is 1. The van der Waals surface area contributed by atoms with Crippen LogP contribution in [-0.4, -0.2) is 17.5 Å². The van der Waals surface area contributed by atoms with Gasteiger partial charge in [-0.05, 0) is 48.4 Å². The fourth-order valence-corrected chi connectivity index (χ4v) is 2.71. The van der Waals surface area contributed by atoms with E-state index in [2.05, 4.69) is 10.3 Å². The first kappa shape index (κ1) is 18.6. The van der Waals surface area contributed by atoms with Gasteiger partial charge in [-0.3, -0.25) is 9.78 Å². The smallest absolute Gasteiger partial charge is 0.224 e. The highest BCUT2D eigenvalue weighted by molar-refractivity contribution is 5.78. The molecule has 0 saturated heterocycles. The maximum absolute atomic E-state index is 13.2. The summed E-state index contributed by atoms with van der Waals surface area (Å²) in [4.78, 5) is 16.5. The molecule has 1 N–H and O–H groups in total. The number of aromatic nitrogens is 1. The van der Waals surface area contributed by atoms with Gasteiger partial charge in [-0.1, -0.05) is 30.3 Å².